The molecule has 0 spiro atoms. The van der Waals surface area contributed by atoms with Gasteiger partial charge < -0.3 is 5.32 Å². The molecule has 0 saturated heterocycles. The lowest BCUT2D eigenvalue weighted by Gasteiger charge is -2.24. The molecule has 0 aliphatic rings. The average Bonchev–Trinajstić information content (AvgIpc) is 2.78. The molecule has 162 valence electrons. The van der Waals surface area contributed by atoms with Gasteiger partial charge in [-0.15, -0.1) is 0 Å². The highest BCUT2D eigenvalue weighted by Gasteiger charge is 2.27. The maximum Gasteiger partial charge on any atom is 0.264 e. The molecule has 3 aromatic carbocycles. The standard InChI is InChI=1S/C23H23ClN2O3S2/c24-20-10-7-11-21(16-20)26(31(28,29)22-12-5-2-6-13-22)17-23(27)25-14-15-30-18-19-8-3-1-4-9-19/h1-13,16H,14-15,17-18H2,(H,25,27). The van der Waals surface area contributed by atoms with Crippen LogP contribution in [0.25, 0.3) is 0 Å². The number of nitrogens with one attached hydrogen (secondary N) is 1. The van der Waals surface area contributed by atoms with E-state index in [0.717, 1.165) is 15.8 Å². The molecule has 0 saturated carbocycles. The van der Waals surface area contributed by atoms with Gasteiger partial charge in [-0.25, -0.2) is 8.42 Å². The van der Waals surface area contributed by atoms with E-state index in [4.69, 9.17) is 11.6 Å². The summed E-state index contributed by atoms with van der Waals surface area (Å²) in [5.74, 6) is 1.21. The molecule has 0 heterocycles. The van der Waals surface area contributed by atoms with Crippen molar-refractivity contribution in [1.82, 2.24) is 5.32 Å². The molecule has 1 amide bonds. The monoisotopic (exact) mass is 474 g/mol. The van der Waals surface area contributed by atoms with Gasteiger partial charge in [0.05, 0.1) is 10.6 Å². The second kappa shape index (κ2) is 11.2. The second-order valence-electron chi connectivity index (χ2n) is 6.69. The highest BCUT2D eigenvalue weighted by atomic mass is 35.5. The molecule has 0 atom stereocenters. The van der Waals surface area contributed by atoms with Crippen molar-refractivity contribution in [2.45, 2.75) is 10.6 Å². The molecule has 0 radical (unpaired) electrons. The van der Waals surface area contributed by atoms with Crippen LogP contribution < -0.4 is 9.62 Å². The first-order valence-electron chi connectivity index (χ1n) is 9.68. The Kier molecular flexibility index (Phi) is 8.40. The Labute approximate surface area is 192 Å². The molecule has 3 aromatic rings. The van der Waals surface area contributed by atoms with Crippen LogP contribution in [0.5, 0.6) is 0 Å². The van der Waals surface area contributed by atoms with Crippen LogP contribution in [0.1, 0.15) is 5.56 Å². The van der Waals surface area contributed by atoms with Gasteiger partial charge in [-0.3, -0.25) is 9.10 Å². The van der Waals surface area contributed by atoms with Crippen LogP contribution in [0.2, 0.25) is 5.02 Å². The highest BCUT2D eigenvalue weighted by Crippen LogP contribution is 2.25. The molecule has 0 aliphatic heterocycles. The van der Waals surface area contributed by atoms with Crippen molar-refractivity contribution >= 4 is 45.0 Å². The lowest BCUT2D eigenvalue weighted by molar-refractivity contribution is -0.119. The predicted octanol–water partition coefficient (Wildman–Crippen LogP) is 4.58. The van der Waals surface area contributed by atoms with Crippen LogP contribution in [0, 0.1) is 0 Å². The summed E-state index contributed by atoms with van der Waals surface area (Å²) >= 11 is 7.77. The van der Waals surface area contributed by atoms with Gasteiger partial charge in [0.15, 0.2) is 0 Å². The Morgan fingerprint density at radius 3 is 2.29 bits per heavy atom. The zero-order chi connectivity index (χ0) is 22.1. The van der Waals surface area contributed by atoms with Gasteiger partial charge in [-0.05, 0) is 35.9 Å². The Bertz CT molecular complexity index is 1090. The summed E-state index contributed by atoms with van der Waals surface area (Å²) in [5.41, 5.74) is 1.56. The quantitative estimate of drug-likeness (QED) is 0.436. The molecule has 0 bridgehead atoms. The summed E-state index contributed by atoms with van der Waals surface area (Å²) in [7, 11) is -3.93. The van der Waals surface area contributed by atoms with E-state index in [0.29, 0.717) is 17.3 Å². The number of halogens is 1. The van der Waals surface area contributed by atoms with Crippen molar-refractivity contribution in [2.24, 2.45) is 0 Å². The minimum absolute atomic E-state index is 0.112. The smallest absolute Gasteiger partial charge is 0.264 e. The van der Waals surface area contributed by atoms with Gasteiger partial charge in [0.2, 0.25) is 5.91 Å². The molecule has 0 aliphatic carbocycles. The maximum atomic E-state index is 13.2. The average molecular weight is 475 g/mol. The molecule has 8 heteroatoms. The normalized spacial score (nSPS) is 11.1. The van der Waals surface area contributed by atoms with Gasteiger partial charge in [-0.2, -0.15) is 11.8 Å². The Hall–Kier alpha value is -2.48. The number of hydrogen-bond acceptors (Lipinski definition) is 4. The van der Waals surface area contributed by atoms with E-state index in [-0.39, 0.29) is 17.3 Å². The van der Waals surface area contributed by atoms with E-state index in [1.54, 1.807) is 48.2 Å². The lowest BCUT2D eigenvalue weighted by atomic mass is 10.2. The Morgan fingerprint density at radius 1 is 0.935 bits per heavy atom. The fourth-order valence-corrected chi connectivity index (χ4v) is 5.32. The molecule has 3 rings (SSSR count). The van der Waals surface area contributed by atoms with Gasteiger partial charge >= 0.3 is 0 Å². The molecular weight excluding hydrogens is 452 g/mol. The summed E-state index contributed by atoms with van der Waals surface area (Å²) < 4.78 is 27.5. The van der Waals surface area contributed by atoms with Crippen LogP contribution >= 0.6 is 23.4 Å². The number of thioether (sulfide) groups is 1. The summed E-state index contributed by atoms with van der Waals surface area (Å²) in [5, 5.41) is 3.20. The number of benzene rings is 3. The first-order chi connectivity index (χ1) is 15.0. The number of rotatable bonds is 10. The van der Waals surface area contributed by atoms with E-state index in [2.05, 4.69) is 17.4 Å². The first-order valence-corrected chi connectivity index (χ1v) is 12.7. The van der Waals surface area contributed by atoms with Crippen LogP contribution in [0.15, 0.2) is 89.8 Å². The zero-order valence-electron chi connectivity index (χ0n) is 16.8. The molecular formula is C23H23ClN2O3S2. The topological polar surface area (TPSA) is 66.5 Å². The van der Waals surface area contributed by atoms with Crippen LogP contribution in [0.3, 0.4) is 0 Å². The van der Waals surface area contributed by atoms with Gasteiger partial charge in [-0.1, -0.05) is 66.2 Å². The van der Waals surface area contributed by atoms with E-state index in [1.807, 2.05) is 18.2 Å². The number of hydrogen-bond donors (Lipinski definition) is 1. The number of nitrogens with zero attached hydrogens (tertiary/aromatic N) is 1. The predicted molar refractivity (Wildman–Crippen MR) is 128 cm³/mol. The van der Waals surface area contributed by atoms with Crippen LogP contribution in [-0.4, -0.2) is 33.2 Å². The van der Waals surface area contributed by atoms with Crippen LogP contribution in [-0.2, 0) is 20.6 Å². The Balaban J connectivity index is 1.64. The van der Waals surface area contributed by atoms with Gasteiger partial charge in [0.1, 0.15) is 6.54 Å². The molecule has 0 fully saturated rings. The number of carbonyl (C=O) groups excluding carboxylic acids is 1. The van der Waals surface area contributed by atoms with Crippen molar-refractivity contribution in [3.05, 3.63) is 95.5 Å². The lowest BCUT2D eigenvalue weighted by Crippen LogP contribution is -2.41. The van der Waals surface area contributed by atoms with Crippen molar-refractivity contribution in [2.75, 3.05) is 23.1 Å². The number of carbonyl (C=O) groups is 1. The maximum absolute atomic E-state index is 13.2. The first kappa shape index (κ1) is 23.2. The van der Waals surface area contributed by atoms with E-state index in [1.165, 1.54) is 23.8 Å². The minimum atomic E-state index is -3.93. The third kappa shape index (κ3) is 6.75. The van der Waals surface area contributed by atoms with Crippen molar-refractivity contribution in [3.63, 3.8) is 0 Å². The number of amides is 1. The highest BCUT2D eigenvalue weighted by molar-refractivity contribution is 7.98. The molecule has 31 heavy (non-hydrogen) atoms. The molecule has 1 N–H and O–H groups in total. The fourth-order valence-electron chi connectivity index (χ4n) is 2.88. The number of anilines is 1. The van der Waals surface area contributed by atoms with Crippen molar-refractivity contribution in [1.29, 1.82) is 0 Å². The largest absolute Gasteiger partial charge is 0.354 e. The van der Waals surface area contributed by atoms with Crippen molar-refractivity contribution in [3.8, 4) is 0 Å². The summed E-state index contributed by atoms with van der Waals surface area (Å²) in [6.07, 6.45) is 0. The SMILES string of the molecule is O=C(CN(c1cccc(Cl)c1)S(=O)(=O)c1ccccc1)NCCSCc1ccccc1. The molecule has 5 nitrogen and oxygen atoms in total. The van der Waals surface area contributed by atoms with Crippen LogP contribution in [0.4, 0.5) is 5.69 Å². The summed E-state index contributed by atoms with van der Waals surface area (Å²) in [6.45, 7) is 0.117. The fraction of sp³-hybridized carbons (Fsp3) is 0.174. The minimum Gasteiger partial charge on any atom is -0.354 e. The summed E-state index contributed by atoms with van der Waals surface area (Å²) in [4.78, 5) is 12.7. The summed E-state index contributed by atoms with van der Waals surface area (Å²) in [6, 6.07) is 24.6. The third-order valence-corrected chi connectivity index (χ3v) is 7.45. The number of sulfonamides is 1. The van der Waals surface area contributed by atoms with E-state index >= 15 is 0 Å². The molecule has 0 unspecified atom stereocenters. The van der Waals surface area contributed by atoms with Gasteiger partial charge in [0, 0.05) is 23.1 Å². The van der Waals surface area contributed by atoms with E-state index in [9.17, 15) is 13.2 Å². The van der Waals surface area contributed by atoms with Crippen molar-refractivity contribution < 1.29 is 13.2 Å². The third-order valence-electron chi connectivity index (χ3n) is 4.39. The van der Waals surface area contributed by atoms with Gasteiger partial charge in [0.25, 0.3) is 10.0 Å². The van der Waals surface area contributed by atoms with E-state index < -0.39 is 10.0 Å². The Morgan fingerprint density at radius 2 is 1.61 bits per heavy atom. The molecule has 0 aromatic heterocycles. The zero-order valence-corrected chi connectivity index (χ0v) is 19.2. The second-order valence-corrected chi connectivity index (χ2v) is 10.1.